The maximum absolute atomic E-state index is 4.50. The molecule has 0 saturated heterocycles. The summed E-state index contributed by atoms with van der Waals surface area (Å²) in [5.74, 6) is 0. The van der Waals surface area contributed by atoms with Crippen molar-refractivity contribution in [3.63, 3.8) is 0 Å². The Morgan fingerprint density at radius 1 is 1.36 bits per heavy atom. The van der Waals surface area contributed by atoms with Crippen molar-refractivity contribution in [1.82, 2.24) is 9.55 Å². The molecule has 2 nitrogen and oxygen atoms in total. The highest BCUT2D eigenvalue weighted by Gasteiger charge is 2.08. The molecule has 0 N–H and O–H groups in total. The summed E-state index contributed by atoms with van der Waals surface area (Å²) in [6.07, 6.45) is 2.16. The van der Waals surface area contributed by atoms with Gasteiger partial charge in [-0.3, -0.25) is 0 Å². The van der Waals surface area contributed by atoms with Crippen molar-refractivity contribution in [3.8, 4) is 0 Å². The first-order chi connectivity index (χ1) is 6.59. The van der Waals surface area contributed by atoms with Gasteiger partial charge in [-0.15, -0.1) is 0 Å². The third-order valence-corrected chi connectivity index (χ3v) is 2.84. The summed E-state index contributed by atoms with van der Waals surface area (Å²) in [5, 5.41) is 1.24. The van der Waals surface area contributed by atoms with Gasteiger partial charge in [-0.05, 0) is 54.4 Å². The molecule has 0 radical (unpaired) electrons. The Balaban J connectivity index is 2.79. The van der Waals surface area contributed by atoms with E-state index in [9.17, 15) is 0 Å². The van der Waals surface area contributed by atoms with Gasteiger partial charge in [0, 0.05) is 17.6 Å². The SMILES string of the molecule is Cc1cn(C(C)C)c2nc(Br)ccc12. The molecule has 0 unspecified atom stereocenters. The van der Waals surface area contributed by atoms with Crippen molar-refractivity contribution in [1.29, 1.82) is 0 Å². The number of pyridine rings is 1. The number of fused-ring (bicyclic) bond motifs is 1. The van der Waals surface area contributed by atoms with Gasteiger partial charge in [0.15, 0.2) is 0 Å². The van der Waals surface area contributed by atoms with Gasteiger partial charge in [0.25, 0.3) is 0 Å². The van der Waals surface area contributed by atoms with E-state index in [1.165, 1.54) is 10.9 Å². The maximum atomic E-state index is 4.50. The summed E-state index contributed by atoms with van der Waals surface area (Å²) >= 11 is 3.40. The molecule has 74 valence electrons. The van der Waals surface area contributed by atoms with Crippen LogP contribution in [0.2, 0.25) is 0 Å². The summed E-state index contributed by atoms with van der Waals surface area (Å²) < 4.78 is 3.10. The molecule has 2 aromatic rings. The first-order valence-corrected chi connectivity index (χ1v) is 5.52. The van der Waals surface area contributed by atoms with Crippen molar-refractivity contribution in [2.45, 2.75) is 26.8 Å². The predicted octanol–water partition coefficient (Wildman–Crippen LogP) is 3.69. The summed E-state index contributed by atoms with van der Waals surface area (Å²) in [5.41, 5.74) is 2.35. The molecule has 2 rings (SSSR count). The van der Waals surface area contributed by atoms with Gasteiger partial charge in [0.05, 0.1) is 0 Å². The minimum atomic E-state index is 0.452. The number of aromatic nitrogens is 2. The zero-order valence-corrected chi connectivity index (χ0v) is 10.2. The molecule has 0 aliphatic rings. The summed E-state index contributed by atoms with van der Waals surface area (Å²) in [7, 11) is 0. The van der Waals surface area contributed by atoms with Crippen LogP contribution in [0.1, 0.15) is 25.5 Å². The van der Waals surface area contributed by atoms with Gasteiger partial charge >= 0.3 is 0 Å². The average Bonchev–Trinajstić information content (AvgIpc) is 2.43. The van der Waals surface area contributed by atoms with Gasteiger partial charge in [0.1, 0.15) is 10.3 Å². The van der Waals surface area contributed by atoms with Crippen LogP contribution in [0.3, 0.4) is 0 Å². The van der Waals surface area contributed by atoms with E-state index in [1.54, 1.807) is 0 Å². The molecule has 0 bridgehead atoms. The largest absolute Gasteiger partial charge is 0.330 e. The van der Waals surface area contributed by atoms with E-state index in [0.717, 1.165) is 10.3 Å². The minimum Gasteiger partial charge on any atom is -0.330 e. The van der Waals surface area contributed by atoms with Gasteiger partial charge in [-0.1, -0.05) is 0 Å². The van der Waals surface area contributed by atoms with Crippen LogP contribution in [-0.2, 0) is 0 Å². The zero-order chi connectivity index (χ0) is 10.3. The predicted molar refractivity (Wildman–Crippen MR) is 62.6 cm³/mol. The van der Waals surface area contributed by atoms with Crippen LogP contribution >= 0.6 is 15.9 Å². The second kappa shape index (κ2) is 3.39. The standard InChI is InChI=1S/C11H13BrN2/c1-7(2)14-6-8(3)9-4-5-10(12)13-11(9)14/h4-7H,1-3H3. The lowest BCUT2D eigenvalue weighted by molar-refractivity contribution is 0.616. The van der Waals surface area contributed by atoms with Crippen LogP contribution in [0.15, 0.2) is 22.9 Å². The van der Waals surface area contributed by atoms with Crippen LogP contribution in [0.5, 0.6) is 0 Å². The normalized spacial score (nSPS) is 11.5. The lowest BCUT2D eigenvalue weighted by Gasteiger charge is -2.07. The molecule has 0 fully saturated rings. The first kappa shape index (κ1) is 9.71. The number of halogens is 1. The molecule has 14 heavy (non-hydrogen) atoms. The lowest BCUT2D eigenvalue weighted by Crippen LogP contribution is -1.99. The molecule has 0 aliphatic heterocycles. The highest BCUT2D eigenvalue weighted by Crippen LogP contribution is 2.24. The monoisotopic (exact) mass is 252 g/mol. The Labute approximate surface area is 92.1 Å². The van der Waals surface area contributed by atoms with E-state index in [4.69, 9.17) is 0 Å². The van der Waals surface area contributed by atoms with Crippen LogP contribution in [0.4, 0.5) is 0 Å². The molecule has 0 amide bonds. The summed E-state index contributed by atoms with van der Waals surface area (Å²) in [4.78, 5) is 4.50. The van der Waals surface area contributed by atoms with Gasteiger partial charge in [0.2, 0.25) is 0 Å². The van der Waals surface area contributed by atoms with Crippen molar-refractivity contribution in [2.75, 3.05) is 0 Å². The topological polar surface area (TPSA) is 17.8 Å². The second-order valence-corrected chi connectivity index (χ2v) is 4.63. The van der Waals surface area contributed by atoms with Gasteiger partial charge in [-0.25, -0.2) is 4.98 Å². The van der Waals surface area contributed by atoms with E-state index in [0.29, 0.717) is 6.04 Å². The van der Waals surface area contributed by atoms with E-state index < -0.39 is 0 Å². The molecular formula is C11H13BrN2. The van der Waals surface area contributed by atoms with Crippen LogP contribution in [-0.4, -0.2) is 9.55 Å². The van der Waals surface area contributed by atoms with Gasteiger partial charge in [-0.2, -0.15) is 0 Å². The van der Waals surface area contributed by atoms with E-state index in [1.807, 2.05) is 6.07 Å². The minimum absolute atomic E-state index is 0.452. The maximum Gasteiger partial charge on any atom is 0.141 e. The average molecular weight is 253 g/mol. The molecule has 2 aromatic heterocycles. The molecule has 0 aliphatic carbocycles. The number of hydrogen-bond acceptors (Lipinski definition) is 1. The Morgan fingerprint density at radius 2 is 2.07 bits per heavy atom. The molecule has 0 atom stereocenters. The van der Waals surface area contributed by atoms with Crippen molar-refractivity contribution in [2.24, 2.45) is 0 Å². The highest BCUT2D eigenvalue weighted by atomic mass is 79.9. The molecule has 0 spiro atoms. The summed E-state index contributed by atoms with van der Waals surface area (Å²) in [6.45, 7) is 6.46. The molecular weight excluding hydrogens is 240 g/mol. The lowest BCUT2D eigenvalue weighted by atomic mass is 10.2. The quantitative estimate of drug-likeness (QED) is 0.709. The molecule has 0 aromatic carbocycles. The Kier molecular flexibility index (Phi) is 2.35. The van der Waals surface area contributed by atoms with Crippen LogP contribution in [0.25, 0.3) is 11.0 Å². The summed E-state index contributed by atoms with van der Waals surface area (Å²) in [6, 6.07) is 4.55. The van der Waals surface area contributed by atoms with Crippen molar-refractivity contribution in [3.05, 3.63) is 28.5 Å². The number of nitrogens with zero attached hydrogens (tertiary/aromatic N) is 2. The third-order valence-electron chi connectivity index (χ3n) is 2.40. The van der Waals surface area contributed by atoms with Crippen LogP contribution < -0.4 is 0 Å². The number of rotatable bonds is 1. The van der Waals surface area contributed by atoms with Crippen molar-refractivity contribution < 1.29 is 0 Å². The third kappa shape index (κ3) is 1.46. The molecule has 2 heterocycles. The van der Waals surface area contributed by atoms with Crippen LogP contribution in [0, 0.1) is 6.92 Å². The van der Waals surface area contributed by atoms with E-state index >= 15 is 0 Å². The van der Waals surface area contributed by atoms with Crippen molar-refractivity contribution >= 4 is 27.0 Å². The number of aryl methyl sites for hydroxylation is 1. The van der Waals surface area contributed by atoms with E-state index in [-0.39, 0.29) is 0 Å². The molecule has 0 saturated carbocycles. The zero-order valence-electron chi connectivity index (χ0n) is 8.58. The Bertz CT molecular complexity index is 471. The fourth-order valence-electron chi connectivity index (χ4n) is 1.66. The fourth-order valence-corrected chi connectivity index (χ4v) is 1.96. The Hall–Kier alpha value is -0.830. The smallest absolute Gasteiger partial charge is 0.141 e. The first-order valence-electron chi connectivity index (χ1n) is 4.73. The van der Waals surface area contributed by atoms with Gasteiger partial charge < -0.3 is 4.57 Å². The number of hydrogen-bond donors (Lipinski definition) is 0. The molecule has 3 heteroatoms. The fraction of sp³-hybridized carbons (Fsp3) is 0.364. The Morgan fingerprint density at radius 3 is 2.71 bits per heavy atom. The highest BCUT2D eigenvalue weighted by molar-refractivity contribution is 9.10. The second-order valence-electron chi connectivity index (χ2n) is 3.82. The van der Waals surface area contributed by atoms with E-state index in [2.05, 4.69) is 58.5 Å².